The van der Waals surface area contributed by atoms with Gasteiger partial charge in [-0.25, -0.2) is 4.39 Å². The molecular formula is C22H13FN6O3S. The number of carbonyl (C=O) groups is 1. The van der Waals surface area contributed by atoms with Crippen molar-refractivity contribution in [2.75, 3.05) is 5.32 Å². The van der Waals surface area contributed by atoms with Crippen molar-refractivity contribution in [1.82, 2.24) is 14.8 Å². The van der Waals surface area contributed by atoms with Gasteiger partial charge < -0.3 is 4.57 Å². The van der Waals surface area contributed by atoms with Gasteiger partial charge in [0.05, 0.1) is 10.6 Å². The van der Waals surface area contributed by atoms with Crippen LogP contribution in [0.1, 0.15) is 5.69 Å². The fourth-order valence-corrected chi connectivity index (χ4v) is 3.69. The van der Waals surface area contributed by atoms with Crippen molar-refractivity contribution in [2.45, 2.75) is 0 Å². The number of nitriles is 1. The Kier molecular flexibility index (Phi) is 6.01. The van der Waals surface area contributed by atoms with Gasteiger partial charge in [-0.15, -0.1) is 10.2 Å². The van der Waals surface area contributed by atoms with Gasteiger partial charge in [0, 0.05) is 29.6 Å². The van der Waals surface area contributed by atoms with E-state index < -0.39 is 10.8 Å². The van der Waals surface area contributed by atoms with Gasteiger partial charge in [-0.3, -0.25) is 20.2 Å². The molecule has 0 radical (unpaired) electrons. The minimum Gasteiger partial charge on any atom is -0.317 e. The van der Waals surface area contributed by atoms with E-state index in [9.17, 15) is 24.6 Å². The maximum absolute atomic E-state index is 13.1. The summed E-state index contributed by atoms with van der Waals surface area (Å²) in [6.45, 7) is 0. The van der Waals surface area contributed by atoms with Gasteiger partial charge in [-0.2, -0.15) is 5.26 Å². The van der Waals surface area contributed by atoms with Crippen LogP contribution in [0.5, 0.6) is 0 Å². The summed E-state index contributed by atoms with van der Waals surface area (Å²) in [4.78, 5) is 23.2. The minimum atomic E-state index is -0.689. The van der Waals surface area contributed by atoms with Crippen LogP contribution in [-0.2, 0) is 4.79 Å². The van der Waals surface area contributed by atoms with Crippen molar-refractivity contribution in [3.8, 4) is 22.3 Å². The van der Waals surface area contributed by atoms with E-state index in [2.05, 4.69) is 15.5 Å². The largest absolute Gasteiger partial charge is 0.317 e. The highest BCUT2D eigenvalue weighted by Gasteiger charge is 2.15. The van der Waals surface area contributed by atoms with Crippen LogP contribution >= 0.6 is 11.3 Å². The molecule has 11 heteroatoms. The highest BCUT2D eigenvalue weighted by atomic mass is 32.1. The fraction of sp³-hybridized carbons (Fsp3) is 0. The predicted molar refractivity (Wildman–Crippen MR) is 120 cm³/mol. The lowest BCUT2D eigenvalue weighted by molar-refractivity contribution is -0.384. The molecule has 0 unspecified atom stereocenters. The normalized spacial score (nSPS) is 11.1. The lowest BCUT2D eigenvalue weighted by atomic mass is 10.2. The van der Waals surface area contributed by atoms with Crippen LogP contribution < -0.4 is 5.32 Å². The summed E-state index contributed by atoms with van der Waals surface area (Å²) in [6, 6.07) is 16.9. The van der Waals surface area contributed by atoms with Crippen LogP contribution in [-0.4, -0.2) is 25.6 Å². The van der Waals surface area contributed by atoms with Gasteiger partial charge in [0.2, 0.25) is 5.13 Å². The lowest BCUT2D eigenvalue weighted by Crippen LogP contribution is -2.13. The number of nitro groups is 1. The molecule has 0 spiro atoms. The summed E-state index contributed by atoms with van der Waals surface area (Å²) in [5.41, 5.74) is 1.35. The standard InChI is InChI=1S/C22H13FN6O3S/c23-16-8-6-14(7-9-16)21-26-27-22(33-21)25-20(30)15(13-24)11-17-5-2-10-28(17)18-3-1-4-19(12-18)29(31)32/h1-12H,(H,25,27,30). The first-order valence-electron chi connectivity index (χ1n) is 9.39. The monoisotopic (exact) mass is 460 g/mol. The zero-order chi connectivity index (χ0) is 23.4. The topological polar surface area (TPSA) is 127 Å². The Labute approximate surface area is 190 Å². The molecule has 0 aliphatic carbocycles. The molecule has 0 atom stereocenters. The lowest BCUT2D eigenvalue weighted by Gasteiger charge is -2.07. The van der Waals surface area contributed by atoms with E-state index in [1.165, 1.54) is 30.3 Å². The Hall–Kier alpha value is -4.69. The number of nitrogens with zero attached hydrogens (tertiary/aromatic N) is 5. The molecule has 0 bridgehead atoms. The maximum Gasteiger partial charge on any atom is 0.271 e. The van der Waals surface area contributed by atoms with E-state index >= 15 is 0 Å². The predicted octanol–water partition coefficient (Wildman–Crippen LogP) is 4.59. The molecule has 33 heavy (non-hydrogen) atoms. The van der Waals surface area contributed by atoms with Crippen molar-refractivity contribution >= 4 is 34.1 Å². The van der Waals surface area contributed by atoms with Crippen molar-refractivity contribution in [2.24, 2.45) is 0 Å². The molecule has 0 aliphatic rings. The number of nitrogens with one attached hydrogen (secondary N) is 1. The summed E-state index contributed by atoms with van der Waals surface area (Å²) >= 11 is 1.08. The van der Waals surface area contributed by atoms with Crippen LogP contribution in [0.25, 0.3) is 22.3 Å². The van der Waals surface area contributed by atoms with E-state index in [-0.39, 0.29) is 22.2 Å². The smallest absolute Gasteiger partial charge is 0.271 e. The number of aromatic nitrogens is 3. The molecule has 4 aromatic rings. The summed E-state index contributed by atoms with van der Waals surface area (Å²) in [5, 5.41) is 31.6. The third-order valence-corrected chi connectivity index (χ3v) is 5.38. The van der Waals surface area contributed by atoms with E-state index in [4.69, 9.17) is 0 Å². The van der Waals surface area contributed by atoms with E-state index in [1.54, 1.807) is 47.2 Å². The van der Waals surface area contributed by atoms with Gasteiger partial charge in [-0.05, 0) is 48.5 Å². The van der Waals surface area contributed by atoms with Crippen molar-refractivity contribution in [3.05, 3.63) is 94.1 Å². The summed E-state index contributed by atoms with van der Waals surface area (Å²) < 4.78 is 14.7. The Morgan fingerprint density at radius 3 is 2.70 bits per heavy atom. The van der Waals surface area contributed by atoms with Crippen LogP contribution in [0.2, 0.25) is 0 Å². The molecule has 0 saturated carbocycles. The van der Waals surface area contributed by atoms with Crippen molar-refractivity contribution in [1.29, 1.82) is 5.26 Å². The number of anilines is 1. The zero-order valence-electron chi connectivity index (χ0n) is 16.7. The number of hydrogen-bond donors (Lipinski definition) is 1. The third kappa shape index (κ3) is 4.81. The first-order valence-corrected chi connectivity index (χ1v) is 10.2. The fourth-order valence-electron chi connectivity index (χ4n) is 2.95. The van der Waals surface area contributed by atoms with Gasteiger partial charge >= 0.3 is 0 Å². The molecule has 0 aliphatic heterocycles. The molecule has 1 N–H and O–H groups in total. The van der Waals surface area contributed by atoms with E-state index in [0.717, 1.165) is 11.3 Å². The molecule has 2 aromatic carbocycles. The van der Waals surface area contributed by atoms with E-state index in [0.29, 0.717) is 22.0 Å². The Bertz CT molecular complexity index is 1420. The van der Waals surface area contributed by atoms with Gasteiger partial charge in [0.15, 0.2) is 0 Å². The van der Waals surface area contributed by atoms with Gasteiger partial charge in [0.25, 0.3) is 11.6 Å². The van der Waals surface area contributed by atoms with Gasteiger partial charge in [0.1, 0.15) is 22.5 Å². The molecule has 4 rings (SSSR count). The van der Waals surface area contributed by atoms with Crippen LogP contribution in [0.15, 0.2) is 72.4 Å². The molecule has 162 valence electrons. The van der Waals surface area contributed by atoms with Crippen LogP contribution in [0, 0.1) is 27.3 Å². The molecular weight excluding hydrogens is 447 g/mol. The van der Waals surface area contributed by atoms with Crippen molar-refractivity contribution < 1.29 is 14.1 Å². The number of rotatable bonds is 6. The molecule has 0 saturated heterocycles. The second kappa shape index (κ2) is 9.21. The van der Waals surface area contributed by atoms with Gasteiger partial charge in [-0.1, -0.05) is 17.4 Å². The summed E-state index contributed by atoms with van der Waals surface area (Å²) in [5.74, 6) is -1.07. The Morgan fingerprint density at radius 2 is 1.97 bits per heavy atom. The summed E-state index contributed by atoms with van der Waals surface area (Å²) in [7, 11) is 0. The molecule has 1 amide bonds. The third-order valence-electron chi connectivity index (χ3n) is 4.49. The zero-order valence-corrected chi connectivity index (χ0v) is 17.5. The number of halogens is 1. The quantitative estimate of drug-likeness (QED) is 0.194. The first kappa shape index (κ1) is 21.5. The first-order chi connectivity index (χ1) is 15.9. The average molecular weight is 460 g/mol. The Morgan fingerprint density at radius 1 is 1.18 bits per heavy atom. The highest BCUT2D eigenvalue weighted by molar-refractivity contribution is 7.18. The average Bonchev–Trinajstić information content (AvgIpc) is 3.47. The highest BCUT2D eigenvalue weighted by Crippen LogP contribution is 2.27. The maximum atomic E-state index is 13.1. The number of amides is 1. The second-order valence-electron chi connectivity index (χ2n) is 6.62. The minimum absolute atomic E-state index is 0.0809. The van der Waals surface area contributed by atoms with Crippen LogP contribution in [0.4, 0.5) is 15.2 Å². The number of carbonyl (C=O) groups excluding carboxylic acids is 1. The number of hydrogen-bond acceptors (Lipinski definition) is 7. The second-order valence-corrected chi connectivity index (χ2v) is 7.60. The molecule has 2 aromatic heterocycles. The summed E-state index contributed by atoms with van der Waals surface area (Å²) in [6.07, 6.45) is 3.04. The molecule has 2 heterocycles. The Balaban J connectivity index is 1.56. The molecule has 0 fully saturated rings. The van der Waals surface area contributed by atoms with Crippen molar-refractivity contribution in [3.63, 3.8) is 0 Å². The molecule has 9 nitrogen and oxygen atoms in total. The van der Waals surface area contributed by atoms with Crippen LogP contribution in [0.3, 0.4) is 0 Å². The number of nitro benzene ring substituents is 1. The number of benzene rings is 2. The van der Waals surface area contributed by atoms with E-state index in [1.807, 2.05) is 6.07 Å². The number of non-ortho nitro benzene ring substituents is 1. The SMILES string of the molecule is N#CC(=Cc1cccn1-c1cccc([N+](=O)[O-])c1)C(=O)Nc1nnc(-c2ccc(F)cc2)s1.